The molecule has 0 atom stereocenters. The molecule has 2 aromatic carbocycles. The number of nitrogens with zero attached hydrogens (tertiary/aromatic N) is 1. The summed E-state index contributed by atoms with van der Waals surface area (Å²) in [6.45, 7) is 0.830. The van der Waals surface area contributed by atoms with Crippen molar-refractivity contribution in [1.29, 1.82) is 0 Å². The molecule has 0 aliphatic heterocycles. The van der Waals surface area contributed by atoms with Gasteiger partial charge in [0.15, 0.2) is 0 Å². The Balaban J connectivity index is 2.27. The lowest BCUT2D eigenvalue weighted by molar-refractivity contribution is 0.596. The second-order valence-electron chi connectivity index (χ2n) is 4.72. The van der Waals surface area contributed by atoms with Crippen LogP contribution in [-0.2, 0) is 13.1 Å². The lowest BCUT2D eigenvalue weighted by atomic mass is 10.1. The Morgan fingerprint density at radius 2 is 1.70 bits per heavy atom. The van der Waals surface area contributed by atoms with Crippen molar-refractivity contribution < 1.29 is 8.78 Å². The Kier molecular flexibility index (Phi) is 4.69. The maximum atomic E-state index is 13.9. The highest BCUT2D eigenvalue weighted by Crippen LogP contribution is 2.24. The fraction of sp³-hybridized carbons (Fsp3) is 0.250. The lowest BCUT2D eigenvalue weighted by Crippen LogP contribution is -2.21. The minimum Gasteiger partial charge on any atom is -0.370 e. The van der Waals surface area contributed by atoms with Gasteiger partial charge in [0.25, 0.3) is 0 Å². The van der Waals surface area contributed by atoms with E-state index < -0.39 is 0 Å². The summed E-state index contributed by atoms with van der Waals surface area (Å²) >= 11 is 0. The number of halogens is 2. The van der Waals surface area contributed by atoms with Crippen molar-refractivity contribution >= 4 is 5.69 Å². The van der Waals surface area contributed by atoms with Gasteiger partial charge in [0.05, 0.1) is 0 Å². The molecular formula is C16H18F2N2. The zero-order valence-electron chi connectivity index (χ0n) is 11.7. The predicted molar refractivity (Wildman–Crippen MR) is 77.7 cm³/mol. The molecule has 106 valence electrons. The highest BCUT2D eigenvalue weighted by Gasteiger charge is 2.12. The molecule has 0 saturated carbocycles. The molecule has 2 aromatic rings. The first-order chi connectivity index (χ1) is 9.63. The second-order valence-corrected chi connectivity index (χ2v) is 4.72. The summed E-state index contributed by atoms with van der Waals surface area (Å²) in [5.41, 5.74) is 1.95. The third kappa shape index (κ3) is 3.14. The molecule has 0 heterocycles. The molecule has 20 heavy (non-hydrogen) atoms. The Morgan fingerprint density at radius 1 is 1.00 bits per heavy atom. The monoisotopic (exact) mass is 276 g/mol. The van der Waals surface area contributed by atoms with Crippen LogP contribution >= 0.6 is 0 Å². The molecule has 0 fully saturated rings. The normalized spacial score (nSPS) is 10.6. The number of hydrogen-bond acceptors (Lipinski definition) is 2. The van der Waals surface area contributed by atoms with Crippen LogP contribution in [0.3, 0.4) is 0 Å². The first-order valence-electron chi connectivity index (χ1n) is 6.50. The number of hydrogen-bond donors (Lipinski definition) is 1. The van der Waals surface area contributed by atoms with E-state index in [2.05, 4.69) is 5.32 Å². The van der Waals surface area contributed by atoms with Crippen molar-refractivity contribution in [2.75, 3.05) is 19.0 Å². The standard InChI is InChI=1S/C16H18F2N2/c1-19-10-13-15(18)8-5-9-16(13)20(2)11-12-6-3-4-7-14(12)17/h3-9,19H,10-11H2,1-2H3. The van der Waals surface area contributed by atoms with Crippen LogP contribution in [0.2, 0.25) is 0 Å². The van der Waals surface area contributed by atoms with Gasteiger partial charge in [-0.2, -0.15) is 0 Å². The van der Waals surface area contributed by atoms with E-state index in [-0.39, 0.29) is 11.6 Å². The minimum atomic E-state index is -0.253. The number of benzene rings is 2. The summed E-state index contributed by atoms with van der Waals surface area (Å²) in [6, 6.07) is 11.6. The third-order valence-corrected chi connectivity index (χ3v) is 3.22. The Hall–Kier alpha value is -1.94. The van der Waals surface area contributed by atoms with Crippen LogP contribution in [0.1, 0.15) is 11.1 Å². The summed E-state index contributed by atoms with van der Waals surface area (Å²) in [6.07, 6.45) is 0. The maximum Gasteiger partial charge on any atom is 0.129 e. The van der Waals surface area contributed by atoms with Gasteiger partial charge in [0.2, 0.25) is 0 Å². The number of anilines is 1. The minimum absolute atomic E-state index is 0.245. The summed E-state index contributed by atoms with van der Waals surface area (Å²) in [4.78, 5) is 1.86. The van der Waals surface area contributed by atoms with Gasteiger partial charge < -0.3 is 10.2 Å². The molecule has 0 radical (unpaired) electrons. The summed E-state index contributed by atoms with van der Waals surface area (Å²) in [5, 5.41) is 2.95. The van der Waals surface area contributed by atoms with Crippen molar-refractivity contribution in [1.82, 2.24) is 5.32 Å². The van der Waals surface area contributed by atoms with Gasteiger partial charge in [-0.15, -0.1) is 0 Å². The van der Waals surface area contributed by atoms with Gasteiger partial charge in [-0.25, -0.2) is 8.78 Å². The van der Waals surface area contributed by atoms with Crippen LogP contribution in [0.25, 0.3) is 0 Å². The molecule has 0 unspecified atom stereocenters. The van der Waals surface area contributed by atoms with E-state index in [0.29, 0.717) is 24.2 Å². The van der Waals surface area contributed by atoms with E-state index in [1.807, 2.05) is 18.0 Å². The molecule has 0 saturated heterocycles. The van der Waals surface area contributed by atoms with Gasteiger partial charge in [0, 0.05) is 37.0 Å². The van der Waals surface area contributed by atoms with Gasteiger partial charge in [0.1, 0.15) is 11.6 Å². The number of nitrogens with one attached hydrogen (secondary N) is 1. The summed E-state index contributed by atoms with van der Waals surface area (Å²) in [5.74, 6) is -0.497. The maximum absolute atomic E-state index is 13.9. The van der Waals surface area contributed by atoms with E-state index in [9.17, 15) is 8.78 Å². The zero-order valence-corrected chi connectivity index (χ0v) is 11.7. The van der Waals surface area contributed by atoms with E-state index in [0.717, 1.165) is 5.69 Å². The first-order valence-corrected chi connectivity index (χ1v) is 6.50. The van der Waals surface area contributed by atoms with Crippen LogP contribution in [-0.4, -0.2) is 14.1 Å². The van der Waals surface area contributed by atoms with Crippen molar-refractivity contribution in [2.24, 2.45) is 0 Å². The molecule has 1 N–H and O–H groups in total. The van der Waals surface area contributed by atoms with E-state index in [1.165, 1.54) is 12.1 Å². The van der Waals surface area contributed by atoms with Gasteiger partial charge in [-0.05, 0) is 25.2 Å². The number of rotatable bonds is 5. The first kappa shape index (κ1) is 14.5. The van der Waals surface area contributed by atoms with Crippen molar-refractivity contribution in [3.05, 3.63) is 65.2 Å². The zero-order chi connectivity index (χ0) is 14.5. The molecule has 2 rings (SSSR count). The van der Waals surface area contributed by atoms with Gasteiger partial charge in [-0.3, -0.25) is 0 Å². The average molecular weight is 276 g/mol. The highest BCUT2D eigenvalue weighted by molar-refractivity contribution is 5.54. The van der Waals surface area contributed by atoms with Crippen LogP contribution < -0.4 is 10.2 Å². The van der Waals surface area contributed by atoms with E-state index in [4.69, 9.17) is 0 Å². The van der Waals surface area contributed by atoms with E-state index in [1.54, 1.807) is 31.3 Å². The molecule has 2 nitrogen and oxygen atoms in total. The van der Waals surface area contributed by atoms with Crippen molar-refractivity contribution in [2.45, 2.75) is 13.1 Å². The topological polar surface area (TPSA) is 15.3 Å². The fourth-order valence-electron chi connectivity index (χ4n) is 2.22. The summed E-state index contributed by atoms with van der Waals surface area (Å²) in [7, 11) is 3.60. The molecular weight excluding hydrogens is 258 g/mol. The van der Waals surface area contributed by atoms with E-state index >= 15 is 0 Å². The van der Waals surface area contributed by atoms with Crippen LogP contribution in [0.4, 0.5) is 14.5 Å². The van der Waals surface area contributed by atoms with Crippen LogP contribution in [0.5, 0.6) is 0 Å². The molecule has 0 spiro atoms. The molecule has 0 aromatic heterocycles. The van der Waals surface area contributed by atoms with Crippen LogP contribution in [0, 0.1) is 11.6 Å². The quantitative estimate of drug-likeness (QED) is 0.901. The molecule has 0 aliphatic rings. The summed E-state index contributed by atoms with van der Waals surface area (Å²) < 4.78 is 27.6. The van der Waals surface area contributed by atoms with Gasteiger partial charge >= 0.3 is 0 Å². The lowest BCUT2D eigenvalue weighted by Gasteiger charge is -2.23. The smallest absolute Gasteiger partial charge is 0.129 e. The molecule has 4 heteroatoms. The SMILES string of the molecule is CNCc1c(F)cccc1N(C)Cc1ccccc1F. The Morgan fingerprint density at radius 3 is 2.40 bits per heavy atom. The average Bonchev–Trinajstić information content (AvgIpc) is 2.43. The third-order valence-electron chi connectivity index (χ3n) is 3.22. The van der Waals surface area contributed by atoms with Crippen LogP contribution in [0.15, 0.2) is 42.5 Å². The Bertz CT molecular complexity index is 584. The highest BCUT2D eigenvalue weighted by atomic mass is 19.1. The fourth-order valence-corrected chi connectivity index (χ4v) is 2.22. The molecule has 0 bridgehead atoms. The second kappa shape index (κ2) is 6.48. The molecule has 0 aliphatic carbocycles. The van der Waals surface area contributed by atoms with Crippen molar-refractivity contribution in [3.63, 3.8) is 0 Å². The van der Waals surface area contributed by atoms with Gasteiger partial charge in [-0.1, -0.05) is 24.3 Å². The van der Waals surface area contributed by atoms with Crippen molar-refractivity contribution in [3.8, 4) is 0 Å². The largest absolute Gasteiger partial charge is 0.370 e. The Labute approximate surface area is 118 Å². The predicted octanol–water partition coefficient (Wildman–Crippen LogP) is 3.32. The molecule has 0 amide bonds.